The molecule has 0 spiro atoms. The van der Waals surface area contributed by atoms with Gasteiger partial charge < -0.3 is 14.6 Å². The normalized spacial score (nSPS) is 22.1. The Morgan fingerprint density at radius 1 is 1.50 bits per heavy atom. The van der Waals surface area contributed by atoms with Crippen LogP contribution in [0.2, 0.25) is 0 Å². The molecule has 2 N–H and O–H groups in total. The fourth-order valence-electron chi connectivity index (χ4n) is 2.94. The van der Waals surface area contributed by atoms with E-state index in [2.05, 4.69) is 32.4 Å². The molecule has 2 aromatic heterocycles. The maximum absolute atomic E-state index is 5.98. The Bertz CT molecular complexity index is 592. The molecule has 1 aliphatic rings. The second-order valence-corrected chi connectivity index (χ2v) is 5.77. The summed E-state index contributed by atoms with van der Waals surface area (Å²) >= 11 is 0. The second kappa shape index (κ2) is 7.02. The summed E-state index contributed by atoms with van der Waals surface area (Å²) < 4.78 is 8.03. The standard InChI is InChI=1S/C15H24N6O/c1-3-12-18-13(20-19-12)10-16-9-11-5-4-8-22-14(11)15-17-6-7-21(15)2/h6-7,11,14,16H,3-5,8-10H2,1-2H3,(H,18,19,20)/t11-,14+/m0/s1. The van der Waals surface area contributed by atoms with Gasteiger partial charge in [-0.15, -0.1) is 0 Å². The maximum atomic E-state index is 5.98. The van der Waals surface area contributed by atoms with Crippen LogP contribution < -0.4 is 5.32 Å². The first kappa shape index (κ1) is 15.2. The predicted octanol–water partition coefficient (Wildman–Crippen LogP) is 1.36. The summed E-state index contributed by atoms with van der Waals surface area (Å²) in [5.74, 6) is 3.20. The van der Waals surface area contributed by atoms with Gasteiger partial charge in [0, 0.05) is 44.9 Å². The molecule has 0 unspecified atom stereocenters. The summed E-state index contributed by atoms with van der Waals surface area (Å²) in [5, 5.41) is 10.6. The van der Waals surface area contributed by atoms with Crippen molar-refractivity contribution in [2.75, 3.05) is 13.2 Å². The average Bonchev–Trinajstić information content (AvgIpc) is 3.17. The molecule has 2 atom stereocenters. The van der Waals surface area contributed by atoms with E-state index in [1.807, 2.05) is 24.0 Å². The van der Waals surface area contributed by atoms with Crippen LogP contribution in [0, 0.1) is 5.92 Å². The molecule has 0 aromatic carbocycles. The minimum absolute atomic E-state index is 0.0715. The average molecular weight is 304 g/mol. The van der Waals surface area contributed by atoms with Crippen LogP contribution in [0.4, 0.5) is 0 Å². The van der Waals surface area contributed by atoms with Gasteiger partial charge in [0.25, 0.3) is 0 Å². The smallest absolute Gasteiger partial charge is 0.150 e. The van der Waals surface area contributed by atoms with E-state index in [9.17, 15) is 0 Å². The summed E-state index contributed by atoms with van der Waals surface area (Å²) in [7, 11) is 2.02. The molecular formula is C15H24N6O. The molecule has 0 aliphatic carbocycles. The van der Waals surface area contributed by atoms with Gasteiger partial charge in [0.15, 0.2) is 0 Å². The number of nitrogens with zero attached hydrogens (tertiary/aromatic N) is 4. The highest BCUT2D eigenvalue weighted by atomic mass is 16.5. The minimum atomic E-state index is 0.0715. The Balaban J connectivity index is 1.56. The van der Waals surface area contributed by atoms with Crippen LogP contribution in [-0.2, 0) is 24.8 Å². The SMILES string of the molecule is CCc1n[nH]c(CNC[C@@H]2CCCO[C@H]2c2nccn2C)n1. The molecule has 3 heterocycles. The van der Waals surface area contributed by atoms with Crippen LogP contribution in [0.3, 0.4) is 0 Å². The van der Waals surface area contributed by atoms with Gasteiger partial charge in [0.05, 0.1) is 6.54 Å². The van der Waals surface area contributed by atoms with Gasteiger partial charge in [0.1, 0.15) is 23.6 Å². The summed E-state index contributed by atoms with van der Waals surface area (Å²) in [5.41, 5.74) is 0. The number of ether oxygens (including phenoxy) is 1. The molecule has 2 aromatic rings. The molecule has 3 rings (SSSR count). The lowest BCUT2D eigenvalue weighted by molar-refractivity contribution is -0.0344. The van der Waals surface area contributed by atoms with Crippen molar-refractivity contribution in [1.82, 2.24) is 30.0 Å². The zero-order chi connectivity index (χ0) is 15.4. The number of aryl methyl sites for hydroxylation is 2. The Hall–Kier alpha value is -1.73. The molecular weight excluding hydrogens is 280 g/mol. The van der Waals surface area contributed by atoms with Gasteiger partial charge in [0.2, 0.25) is 0 Å². The highest BCUT2D eigenvalue weighted by molar-refractivity contribution is 5.00. The third kappa shape index (κ3) is 3.36. The van der Waals surface area contributed by atoms with Crippen LogP contribution in [0.25, 0.3) is 0 Å². The molecule has 22 heavy (non-hydrogen) atoms. The molecule has 120 valence electrons. The van der Waals surface area contributed by atoms with E-state index >= 15 is 0 Å². The molecule has 1 fully saturated rings. The predicted molar refractivity (Wildman–Crippen MR) is 82.1 cm³/mol. The number of aromatic nitrogens is 5. The third-order valence-electron chi connectivity index (χ3n) is 4.15. The van der Waals surface area contributed by atoms with Crippen molar-refractivity contribution in [1.29, 1.82) is 0 Å². The topological polar surface area (TPSA) is 80.6 Å². The van der Waals surface area contributed by atoms with Crippen molar-refractivity contribution in [3.8, 4) is 0 Å². The molecule has 0 amide bonds. The van der Waals surface area contributed by atoms with Crippen LogP contribution >= 0.6 is 0 Å². The number of nitrogens with one attached hydrogen (secondary N) is 2. The minimum Gasteiger partial charge on any atom is -0.370 e. The van der Waals surface area contributed by atoms with Gasteiger partial charge in [-0.2, -0.15) is 5.10 Å². The lowest BCUT2D eigenvalue weighted by Crippen LogP contribution is -2.33. The summed E-state index contributed by atoms with van der Waals surface area (Å²) in [4.78, 5) is 8.87. The van der Waals surface area contributed by atoms with Crippen molar-refractivity contribution in [3.05, 3.63) is 29.9 Å². The lowest BCUT2D eigenvalue weighted by Gasteiger charge is -2.31. The first-order valence-corrected chi connectivity index (χ1v) is 7.97. The Morgan fingerprint density at radius 2 is 2.41 bits per heavy atom. The quantitative estimate of drug-likeness (QED) is 0.842. The number of hydrogen-bond donors (Lipinski definition) is 2. The molecule has 1 saturated heterocycles. The number of rotatable bonds is 6. The molecule has 7 heteroatoms. The van der Waals surface area contributed by atoms with Crippen LogP contribution in [0.15, 0.2) is 12.4 Å². The Kier molecular flexibility index (Phi) is 4.84. The maximum Gasteiger partial charge on any atom is 0.150 e. The lowest BCUT2D eigenvalue weighted by atomic mass is 9.93. The number of imidazole rings is 1. The van der Waals surface area contributed by atoms with Gasteiger partial charge in [-0.3, -0.25) is 5.10 Å². The van der Waals surface area contributed by atoms with Crippen molar-refractivity contribution < 1.29 is 4.74 Å². The van der Waals surface area contributed by atoms with E-state index in [1.54, 1.807) is 0 Å². The van der Waals surface area contributed by atoms with Crippen LogP contribution in [-0.4, -0.2) is 37.9 Å². The fraction of sp³-hybridized carbons (Fsp3) is 0.667. The van der Waals surface area contributed by atoms with Gasteiger partial charge in [-0.1, -0.05) is 6.92 Å². The fourth-order valence-corrected chi connectivity index (χ4v) is 2.94. The molecule has 0 radical (unpaired) electrons. The van der Waals surface area contributed by atoms with Crippen molar-refractivity contribution >= 4 is 0 Å². The van der Waals surface area contributed by atoms with Crippen molar-refractivity contribution in [2.45, 2.75) is 38.8 Å². The Morgan fingerprint density at radius 3 is 3.14 bits per heavy atom. The zero-order valence-corrected chi connectivity index (χ0v) is 13.2. The highest BCUT2D eigenvalue weighted by Crippen LogP contribution is 2.32. The first-order valence-electron chi connectivity index (χ1n) is 7.97. The van der Waals surface area contributed by atoms with E-state index in [0.29, 0.717) is 12.5 Å². The molecule has 0 saturated carbocycles. The number of aromatic amines is 1. The van der Waals surface area contributed by atoms with Crippen LogP contribution in [0.1, 0.15) is 43.3 Å². The van der Waals surface area contributed by atoms with Gasteiger partial charge in [-0.05, 0) is 12.8 Å². The summed E-state index contributed by atoms with van der Waals surface area (Å²) in [6.07, 6.45) is 6.99. The summed E-state index contributed by atoms with van der Waals surface area (Å²) in [6.45, 7) is 4.46. The van der Waals surface area contributed by atoms with Gasteiger partial charge >= 0.3 is 0 Å². The summed E-state index contributed by atoms with van der Waals surface area (Å²) in [6, 6.07) is 0. The monoisotopic (exact) mass is 304 g/mol. The van der Waals surface area contributed by atoms with Crippen LogP contribution in [0.5, 0.6) is 0 Å². The van der Waals surface area contributed by atoms with E-state index < -0.39 is 0 Å². The van der Waals surface area contributed by atoms with Gasteiger partial charge in [-0.25, -0.2) is 9.97 Å². The third-order valence-corrected chi connectivity index (χ3v) is 4.15. The first-order chi connectivity index (χ1) is 10.8. The molecule has 7 nitrogen and oxygen atoms in total. The van der Waals surface area contributed by atoms with Crippen molar-refractivity contribution in [2.24, 2.45) is 13.0 Å². The molecule has 0 bridgehead atoms. The zero-order valence-electron chi connectivity index (χ0n) is 13.2. The van der Waals surface area contributed by atoms with E-state index in [4.69, 9.17) is 4.74 Å². The molecule has 1 aliphatic heterocycles. The van der Waals surface area contributed by atoms with E-state index in [0.717, 1.165) is 49.9 Å². The highest BCUT2D eigenvalue weighted by Gasteiger charge is 2.29. The number of hydrogen-bond acceptors (Lipinski definition) is 5. The van der Waals surface area contributed by atoms with E-state index in [1.165, 1.54) is 0 Å². The number of H-pyrrole nitrogens is 1. The second-order valence-electron chi connectivity index (χ2n) is 5.77. The largest absolute Gasteiger partial charge is 0.370 e. The van der Waals surface area contributed by atoms with Crippen molar-refractivity contribution in [3.63, 3.8) is 0 Å². The van der Waals surface area contributed by atoms with E-state index in [-0.39, 0.29) is 6.10 Å². The Labute approximate surface area is 130 Å².